The summed E-state index contributed by atoms with van der Waals surface area (Å²) in [4.78, 5) is 2.55. The molecule has 0 spiro atoms. The van der Waals surface area contributed by atoms with Crippen LogP contribution in [0.4, 0.5) is 0 Å². The zero-order valence-corrected chi connectivity index (χ0v) is 10.7. The van der Waals surface area contributed by atoms with E-state index in [-0.39, 0.29) is 0 Å². The molecule has 1 saturated heterocycles. The summed E-state index contributed by atoms with van der Waals surface area (Å²) in [7, 11) is 0. The molecule has 96 valence electrons. The normalized spacial score (nSPS) is 19.9. The first kappa shape index (κ1) is 13.9. The van der Waals surface area contributed by atoms with Crippen molar-refractivity contribution in [1.29, 1.82) is 0 Å². The molecule has 1 heterocycles. The molecule has 1 aliphatic heterocycles. The highest BCUT2D eigenvalue weighted by atomic mass is 16.3. The van der Waals surface area contributed by atoms with Crippen LogP contribution in [0.3, 0.4) is 0 Å². The maximum atomic E-state index is 8.99. The maximum Gasteiger partial charge on any atom is 0.0433 e. The number of hydrogen-bond acceptors (Lipinski definition) is 3. The van der Waals surface area contributed by atoms with Crippen molar-refractivity contribution in [3.05, 3.63) is 0 Å². The van der Waals surface area contributed by atoms with E-state index in [0.29, 0.717) is 6.61 Å². The summed E-state index contributed by atoms with van der Waals surface area (Å²) < 4.78 is 0. The molecule has 0 aromatic rings. The van der Waals surface area contributed by atoms with Gasteiger partial charge < -0.3 is 15.3 Å². The van der Waals surface area contributed by atoms with Crippen LogP contribution in [0.2, 0.25) is 0 Å². The van der Waals surface area contributed by atoms with Crippen molar-refractivity contribution in [3.8, 4) is 0 Å². The zero-order chi connectivity index (χ0) is 11.6. The average molecular weight is 228 g/mol. The summed E-state index contributed by atoms with van der Waals surface area (Å²) in [5.74, 6) is 0.748. The minimum Gasteiger partial charge on any atom is -0.396 e. The van der Waals surface area contributed by atoms with Gasteiger partial charge in [-0.05, 0) is 31.7 Å². The third-order valence-corrected chi connectivity index (χ3v) is 3.53. The molecule has 0 aromatic carbocycles. The van der Waals surface area contributed by atoms with Crippen molar-refractivity contribution in [2.24, 2.45) is 5.92 Å². The van der Waals surface area contributed by atoms with Crippen LogP contribution in [0, 0.1) is 5.92 Å². The van der Waals surface area contributed by atoms with Crippen LogP contribution in [-0.4, -0.2) is 49.3 Å². The minimum atomic E-state index is 0.359. The van der Waals surface area contributed by atoms with E-state index in [1.807, 2.05) is 0 Å². The number of hydrogen-bond donors (Lipinski definition) is 2. The molecule has 2 N–H and O–H groups in total. The van der Waals surface area contributed by atoms with Crippen LogP contribution < -0.4 is 5.32 Å². The van der Waals surface area contributed by atoms with Crippen molar-refractivity contribution in [3.63, 3.8) is 0 Å². The van der Waals surface area contributed by atoms with Gasteiger partial charge in [-0.15, -0.1) is 0 Å². The van der Waals surface area contributed by atoms with E-state index in [1.54, 1.807) is 0 Å². The molecular formula is C13H28N2O. The van der Waals surface area contributed by atoms with Gasteiger partial charge in [0.15, 0.2) is 0 Å². The topological polar surface area (TPSA) is 35.5 Å². The molecular weight excluding hydrogens is 200 g/mol. The minimum absolute atomic E-state index is 0.359. The van der Waals surface area contributed by atoms with E-state index in [4.69, 9.17) is 5.11 Å². The largest absolute Gasteiger partial charge is 0.396 e. The third kappa shape index (κ3) is 5.83. The van der Waals surface area contributed by atoms with E-state index in [1.165, 1.54) is 45.3 Å². The molecule has 1 rings (SSSR count). The lowest BCUT2D eigenvalue weighted by molar-refractivity contribution is 0.215. The van der Waals surface area contributed by atoms with Crippen molar-refractivity contribution >= 4 is 0 Å². The van der Waals surface area contributed by atoms with Gasteiger partial charge in [0.1, 0.15) is 0 Å². The summed E-state index contributed by atoms with van der Waals surface area (Å²) in [6, 6.07) is 0. The van der Waals surface area contributed by atoms with Crippen molar-refractivity contribution in [1.82, 2.24) is 10.2 Å². The predicted octanol–water partition coefficient (Wildman–Crippen LogP) is 1.47. The fourth-order valence-electron chi connectivity index (χ4n) is 2.56. The Balaban J connectivity index is 2.06. The van der Waals surface area contributed by atoms with E-state index in [9.17, 15) is 0 Å². The van der Waals surface area contributed by atoms with E-state index < -0.39 is 0 Å². The number of nitrogens with zero attached hydrogens (tertiary/aromatic N) is 1. The van der Waals surface area contributed by atoms with Gasteiger partial charge in [0.25, 0.3) is 0 Å². The van der Waals surface area contributed by atoms with Gasteiger partial charge in [-0.3, -0.25) is 0 Å². The zero-order valence-electron chi connectivity index (χ0n) is 10.7. The first-order chi connectivity index (χ1) is 7.86. The standard InChI is InChI=1S/C13H28N2O/c1-2-4-13(6-12-16)5-3-9-15-10-7-14-8-11-15/h13-14,16H,2-12H2,1H3/t13-/m1/s1. The second-order valence-corrected chi connectivity index (χ2v) is 4.90. The lowest BCUT2D eigenvalue weighted by Crippen LogP contribution is -2.43. The molecule has 0 radical (unpaired) electrons. The van der Waals surface area contributed by atoms with Gasteiger partial charge in [-0.2, -0.15) is 0 Å². The summed E-state index contributed by atoms with van der Waals surface area (Å²) in [5, 5.41) is 12.4. The van der Waals surface area contributed by atoms with Crippen molar-refractivity contribution in [2.75, 3.05) is 39.3 Å². The Bertz CT molecular complexity index is 152. The average Bonchev–Trinajstić information content (AvgIpc) is 2.31. The van der Waals surface area contributed by atoms with Gasteiger partial charge in [0.2, 0.25) is 0 Å². The molecule has 1 aliphatic rings. The predicted molar refractivity (Wildman–Crippen MR) is 68.6 cm³/mol. The molecule has 1 fully saturated rings. The van der Waals surface area contributed by atoms with Gasteiger partial charge in [0.05, 0.1) is 0 Å². The van der Waals surface area contributed by atoms with Gasteiger partial charge >= 0.3 is 0 Å². The molecule has 0 aromatic heterocycles. The van der Waals surface area contributed by atoms with Crippen LogP contribution >= 0.6 is 0 Å². The Kier molecular flexibility index (Phi) is 7.81. The molecule has 0 bridgehead atoms. The fraction of sp³-hybridized carbons (Fsp3) is 1.00. The highest BCUT2D eigenvalue weighted by Crippen LogP contribution is 2.17. The van der Waals surface area contributed by atoms with Crippen molar-refractivity contribution < 1.29 is 5.11 Å². The van der Waals surface area contributed by atoms with E-state index in [0.717, 1.165) is 25.4 Å². The SMILES string of the molecule is CCC[C@@H](CCO)CCCN1CCNCC1. The summed E-state index contributed by atoms with van der Waals surface area (Å²) in [5.41, 5.74) is 0. The molecule has 1 atom stereocenters. The molecule has 3 heteroatoms. The molecule has 0 saturated carbocycles. The highest BCUT2D eigenvalue weighted by Gasteiger charge is 2.11. The number of piperazine rings is 1. The Labute approximate surface area is 100 Å². The van der Waals surface area contributed by atoms with Crippen LogP contribution in [-0.2, 0) is 0 Å². The van der Waals surface area contributed by atoms with Crippen LogP contribution in [0.15, 0.2) is 0 Å². The van der Waals surface area contributed by atoms with Gasteiger partial charge in [-0.25, -0.2) is 0 Å². The summed E-state index contributed by atoms with van der Waals surface area (Å²) in [6.07, 6.45) is 6.11. The van der Waals surface area contributed by atoms with Gasteiger partial charge in [-0.1, -0.05) is 19.8 Å². The first-order valence-electron chi connectivity index (χ1n) is 6.90. The maximum absolute atomic E-state index is 8.99. The Morgan fingerprint density at radius 1 is 1.19 bits per heavy atom. The first-order valence-corrected chi connectivity index (χ1v) is 6.90. The van der Waals surface area contributed by atoms with E-state index >= 15 is 0 Å². The number of rotatable bonds is 8. The molecule has 0 unspecified atom stereocenters. The highest BCUT2D eigenvalue weighted by molar-refractivity contribution is 4.68. The summed E-state index contributed by atoms with van der Waals surface area (Å²) in [6.45, 7) is 8.55. The second kappa shape index (κ2) is 8.97. The number of aliphatic hydroxyl groups is 1. The molecule has 16 heavy (non-hydrogen) atoms. The third-order valence-electron chi connectivity index (χ3n) is 3.53. The van der Waals surface area contributed by atoms with Gasteiger partial charge in [0, 0.05) is 32.8 Å². The lowest BCUT2D eigenvalue weighted by Gasteiger charge is -2.27. The molecule has 3 nitrogen and oxygen atoms in total. The Morgan fingerprint density at radius 2 is 1.94 bits per heavy atom. The number of nitrogens with one attached hydrogen (secondary N) is 1. The molecule has 0 aliphatic carbocycles. The van der Waals surface area contributed by atoms with Crippen LogP contribution in [0.1, 0.15) is 39.0 Å². The van der Waals surface area contributed by atoms with Crippen LogP contribution in [0.5, 0.6) is 0 Å². The van der Waals surface area contributed by atoms with E-state index in [2.05, 4.69) is 17.1 Å². The second-order valence-electron chi connectivity index (χ2n) is 4.90. The molecule has 0 amide bonds. The van der Waals surface area contributed by atoms with Crippen LogP contribution in [0.25, 0.3) is 0 Å². The lowest BCUT2D eigenvalue weighted by atomic mass is 9.95. The Morgan fingerprint density at radius 3 is 2.56 bits per heavy atom. The smallest absolute Gasteiger partial charge is 0.0433 e. The van der Waals surface area contributed by atoms with Crippen molar-refractivity contribution in [2.45, 2.75) is 39.0 Å². The quantitative estimate of drug-likeness (QED) is 0.660. The Hall–Kier alpha value is -0.120. The monoisotopic (exact) mass is 228 g/mol. The summed E-state index contributed by atoms with van der Waals surface area (Å²) >= 11 is 0. The number of aliphatic hydroxyl groups excluding tert-OH is 1. The fourth-order valence-corrected chi connectivity index (χ4v) is 2.56.